The number of allylic oxidation sites excluding steroid dienone is 4. The Hall–Kier alpha value is -1.51. The Labute approximate surface area is 325 Å². The molecule has 0 rings (SSSR count). The van der Waals surface area contributed by atoms with Gasteiger partial charge in [0.2, 0.25) is 0 Å². The normalized spacial score (nSPS) is 13.5. The van der Waals surface area contributed by atoms with Gasteiger partial charge in [0.1, 0.15) is 6.61 Å². The van der Waals surface area contributed by atoms with Crippen molar-refractivity contribution in [1.29, 1.82) is 0 Å². The van der Waals surface area contributed by atoms with Crippen LogP contribution in [-0.2, 0) is 32.7 Å². The summed E-state index contributed by atoms with van der Waals surface area (Å²) >= 11 is 0. The number of esters is 2. The lowest BCUT2D eigenvalue weighted by Crippen LogP contribution is -2.29. The van der Waals surface area contributed by atoms with Crippen LogP contribution >= 0.6 is 7.82 Å². The number of unbranched alkanes of at least 4 members (excludes halogenated alkanes) is 24. The predicted octanol–water partition coefficient (Wildman–Crippen LogP) is 12.4. The van der Waals surface area contributed by atoms with Crippen molar-refractivity contribution in [2.24, 2.45) is 5.73 Å². The van der Waals surface area contributed by atoms with E-state index in [-0.39, 0.29) is 38.6 Å². The molecule has 0 saturated carbocycles. The van der Waals surface area contributed by atoms with E-state index in [0.717, 1.165) is 44.9 Å². The summed E-state index contributed by atoms with van der Waals surface area (Å²) in [4.78, 5) is 34.9. The Balaban J connectivity index is 4.14. The third-order valence-corrected chi connectivity index (χ3v) is 10.3. The molecule has 2 atom stereocenters. The van der Waals surface area contributed by atoms with Gasteiger partial charge in [-0.2, -0.15) is 0 Å². The molecule has 0 aromatic heterocycles. The third kappa shape index (κ3) is 40.0. The van der Waals surface area contributed by atoms with E-state index < -0.39 is 26.5 Å². The summed E-state index contributed by atoms with van der Waals surface area (Å²) in [7, 11) is -4.37. The van der Waals surface area contributed by atoms with Gasteiger partial charge in [-0.15, -0.1) is 0 Å². The second kappa shape index (κ2) is 40.2. The molecular weight excluding hydrogens is 689 g/mol. The molecule has 0 aromatic rings. The minimum absolute atomic E-state index is 0.0535. The Morgan fingerprint density at radius 2 is 0.943 bits per heavy atom. The summed E-state index contributed by atoms with van der Waals surface area (Å²) in [5.74, 6) is -0.831. The molecule has 0 aromatic carbocycles. The highest BCUT2D eigenvalue weighted by molar-refractivity contribution is 7.47. The van der Waals surface area contributed by atoms with E-state index in [9.17, 15) is 19.0 Å². The fourth-order valence-corrected chi connectivity index (χ4v) is 6.79. The molecule has 1 unspecified atom stereocenters. The Morgan fingerprint density at radius 1 is 0.547 bits per heavy atom. The van der Waals surface area contributed by atoms with Crippen molar-refractivity contribution in [3.8, 4) is 0 Å². The Bertz CT molecular complexity index is 928. The molecule has 0 bridgehead atoms. The van der Waals surface area contributed by atoms with Crippen molar-refractivity contribution >= 4 is 19.8 Å². The number of rotatable bonds is 41. The van der Waals surface area contributed by atoms with Gasteiger partial charge in [0, 0.05) is 19.4 Å². The van der Waals surface area contributed by atoms with Gasteiger partial charge in [-0.1, -0.05) is 160 Å². The summed E-state index contributed by atoms with van der Waals surface area (Å²) in [6, 6.07) is 0. The largest absolute Gasteiger partial charge is 0.472 e. The molecule has 3 N–H and O–H groups in total. The summed E-state index contributed by atoms with van der Waals surface area (Å²) in [5, 5.41) is 0. The fourth-order valence-electron chi connectivity index (χ4n) is 6.02. The van der Waals surface area contributed by atoms with E-state index in [4.69, 9.17) is 24.3 Å². The number of carbonyl (C=O) groups is 2. The molecule has 0 aliphatic carbocycles. The van der Waals surface area contributed by atoms with E-state index >= 15 is 0 Å². The SMILES string of the molecule is CCCC/C=C/CCCCCCCCCCCC(=O)OC[C@H](COP(=O)(O)OCCN)OC(=O)CCCCCCCCC/C=C/CCCCCCCC. The average molecular weight is 772 g/mol. The van der Waals surface area contributed by atoms with Crippen LogP contribution in [0.1, 0.15) is 206 Å². The van der Waals surface area contributed by atoms with Crippen molar-refractivity contribution < 1.29 is 37.6 Å². The van der Waals surface area contributed by atoms with Gasteiger partial charge in [-0.3, -0.25) is 18.6 Å². The zero-order valence-electron chi connectivity index (χ0n) is 34.3. The second-order valence-electron chi connectivity index (χ2n) is 14.6. The molecule has 312 valence electrons. The Morgan fingerprint density at radius 3 is 1.40 bits per heavy atom. The van der Waals surface area contributed by atoms with Crippen LogP contribution in [0.4, 0.5) is 0 Å². The van der Waals surface area contributed by atoms with Crippen LogP contribution in [0.3, 0.4) is 0 Å². The zero-order chi connectivity index (χ0) is 38.9. The van der Waals surface area contributed by atoms with Crippen LogP contribution < -0.4 is 5.73 Å². The van der Waals surface area contributed by atoms with Crippen LogP contribution in [-0.4, -0.2) is 49.3 Å². The van der Waals surface area contributed by atoms with E-state index in [1.165, 1.54) is 128 Å². The first-order valence-corrected chi connectivity index (χ1v) is 23.3. The third-order valence-electron chi connectivity index (χ3n) is 9.31. The van der Waals surface area contributed by atoms with Crippen LogP contribution in [0, 0.1) is 0 Å². The van der Waals surface area contributed by atoms with Gasteiger partial charge in [0.05, 0.1) is 13.2 Å². The van der Waals surface area contributed by atoms with Gasteiger partial charge >= 0.3 is 19.8 Å². The van der Waals surface area contributed by atoms with Crippen LogP contribution in [0.15, 0.2) is 24.3 Å². The first-order chi connectivity index (χ1) is 25.8. The fraction of sp³-hybridized carbons (Fsp3) is 0.860. The number of phosphoric ester groups is 1. The van der Waals surface area contributed by atoms with Gasteiger partial charge < -0.3 is 20.1 Å². The number of carbonyl (C=O) groups excluding carboxylic acids is 2. The maximum absolute atomic E-state index is 12.6. The summed E-state index contributed by atoms with van der Waals surface area (Å²) in [5.41, 5.74) is 5.35. The molecule has 0 fully saturated rings. The molecule has 53 heavy (non-hydrogen) atoms. The lowest BCUT2D eigenvalue weighted by molar-refractivity contribution is -0.161. The molecule has 10 heteroatoms. The highest BCUT2D eigenvalue weighted by Crippen LogP contribution is 2.43. The van der Waals surface area contributed by atoms with Crippen molar-refractivity contribution in [3.05, 3.63) is 24.3 Å². The van der Waals surface area contributed by atoms with E-state index in [2.05, 4.69) is 38.2 Å². The van der Waals surface area contributed by atoms with Crippen molar-refractivity contribution in [1.82, 2.24) is 0 Å². The van der Waals surface area contributed by atoms with Crippen LogP contribution in [0.2, 0.25) is 0 Å². The molecular formula is C43H82NO8P. The lowest BCUT2D eigenvalue weighted by Gasteiger charge is -2.19. The summed E-state index contributed by atoms with van der Waals surface area (Å²) in [6.45, 7) is 3.71. The molecule has 0 radical (unpaired) electrons. The van der Waals surface area contributed by atoms with E-state index in [1.807, 2.05) is 0 Å². The second-order valence-corrected chi connectivity index (χ2v) is 16.0. The van der Waals surface area contributed by atoms with Gasteiger partial charge in [-0.05, 0) is 57.8 Å². The molecule has 0 spiro atoms. The van der Waals surface area contributed by atoms with Crippen molar-refractivity contribution in [2.45, 2.75) is 213 Å². The number of hydrogen-bond acceptors (Lipinski definition) is 8. The van der Waals surface area contributed by atoms with Gasteiger partial charge in [0.25, 0.3) is 0 Å². The zero-order valence-corrected chi connectivity index (χ0v) is 35.2. The minimum Gasteiger partial charge on any atom is -0.462 e. The topological polar surface area (TPSA) is 134 Å². The van der Waals surface area contributed by atoms with Crippen molar-refractivity contribution in [2.75, 3.05) is 26.4 Å². The highest BCUT2D eigenvalue weighted by atomic mass is 31.2. The highest BCUT2D eigenvalue weighted by Gasteiger charge is 2.26. The standard InChI is InChI=1S/C43H82NO8P/c1-3-5-7-9-11-13-15-17-19-20-22-24-26-28-30-32-34-36-43(46)52-41(40-51-53(47,48)50-38-37-44)39-49-42(45)35-33-31-29-27-25-23-21-18-16-14-12-10-8-6-4-2/h10,12,17,19,41H,3-9,11,13-16,18,20-40,44H2,1-2H3,(H,47,48)/b12-10+,19-17+/t41-/m1/s1. The van der Waals surface area contributed by atoms with Gasteiger partial charge in [-0.25, -0.2) is 4.57 Å². The monoisotopic (exact) mass is 772 g/mol. The molecule has 0 heterocycles. The molecule has 0 aliphatic rings. The minimum atomic E-state index is -4.37. The van der Waals surface area contributed by atoms with Gasteiger partial charge in [0.15, 0.2) is 6.10 Å². The molecule has 0 amide bonds. The van der Waals surface area contributed by atoms with Crippen LogP contribution in [0.5, 0.6) is 0 Å². The number of hydrogen-bond donors (Lipinski definition) is 2. The average Bonchev–Trinajstić information content (AvgIpc) is 3.14. The first kappa shape index (κ1) is 51.5. The van der Waals surface area contributed by atoms with E-state index in [1.54, 1.807) is 0 Å². The maximum atomic E-state index is 12.6. The van der Waals surface area contributed by atoms with E-state index in [0.29, 0.717) is 6.42 Å². The molecule has 0 aliphatic heterocycles. The van der Waals surface area contributed by atoms with Crippen molar-refractivity contribution in [3.63, 3.8) is 0 Å². The maximum Gasteiger partial charge on any atom is 0.472 e. The van der Waals surface area contributed by atoms with Crippen LogP contribution in [0.25, 0.3) is 0 Å². The number of nitrogens with two attached hydrogens (primary N) is 1. The quantitative estimate of drug-likeness (QED) is 0.0269. The lowest BCUT2D eigenvalue weighted by atomic mass is 10.1. The summed E-state index contributed by atoms with van der Waals surface area (Å²) in [6.07, 6.45) is 42.0. The summed E-state index contributed by atoms with van der Waals surface area (Å²) < 4.78 is 32.8. The molecule has 9 nitrogen and oxygen atoms in total. The smallest absolute Gasteiger partial charge is 0.462 e. The first-order valence-electron chi connectivity index (χ1n) is 21.8. The Kier molecular flexibility index (Phi) is 39.0. The number of ether oxygens (including phenoxy) is 2. The number of phosphoric acid groups is 1. The predicted molar refractivity (Wildman–Crippen MR) is 220 cm³/mol. The molecule has 0 saturated heterocycles.